The first-order valence-electron chi connectivity index (χ1n) is 11.6. The highest BCUT2D eigenvalue weighted by molar-refractivity contribution is 9.10. The van der Waals surface area contributed by atoms with Gasteiger partial charge in [-0.05, 0) is 70.9 Å². The van der Waals surface area contributed by atoms with Gasteiger partial charge in [-0.25, -0.2) is 9.59 Å². The van der Waals surface area contributed by atoms with E-state index < -0.39 is 36.0 Å². The third kappa shape index (κ3) is 10.5. The Bertz CT molecular complexity index is 1480. The van der Waals surface area contributed by atoms with E-state index in [1.807, 2.05) is 0 Å². The summed E-state index contributed by atoms with van der Waals surface area (Å²) in [5.74, 6) is -4.18. The quantitative estimate of drug-likeness (QED) is 0.109. The molecule has 7 N–H and O–H groups in total. The van der Waals surface area contributed by atoms with Gasteiger partial charge in [0, 0.05) is 17.4 Å². The number of hydrogen-bond acceptors (Lipinski definition) is 7. The number of alkyl halides is 3. The van der Waals surface area contributed by atoms with Gasteiger partial charge in [0.2, 0.25) is 11.8 Å². The zero-order valence-electron chi connectivity index (χ0n) is 21.5. The van der Waals surface area contributed by atoms with Crippen LogP contribution in [0.25, 0.3) is 0 Å². The van der Waals surface area contributed by atoms with Gasteiger partial charge >= 0.3 is 18.1 Å². The molecule has 0 fully saturated rings. The highest BCUT2D eigenvalue weighted by Crippen LogP contribution is 2.32. The zero-order chi connectivity index (χ0) is 31.6. The number of aromatic carboxylic acids is 1. The van der Waals surface area contributed by atoms with Crippen LogP contribution in [0.1, 0.15) is 40.9 Å². The molecule has 16 heteroatoms. The molecule has 0 aliphatic carbocycles. The summed E-state index contributed by atoms with van der Waals surface area (Å²) >= 11 is 3.42. The number of halogens is 4. The molecule has 12 nitrogen and oxygen atoms in total. The first kappa shape index (κ1) is 33.2. The Morgan fingerprint density at radius 3 is 2.17 bits per heavy atom. The lowest BCUT2D eigenvalue weighted by atomic mass is 10.1. The van der Waals surface area contributed by atoms with E-state index in [9.17, 15) is 27.6 Å². The second-order valence-electron chi connectivity index (χ2n) is 8.31. The van der Waals surface area contributed by atoms with Gasteiger partial charge in [0.25, 0.3) is 0 Å². The number of nitrogen functional groups attached to an aromatic ring is 1. The first-order chi connectivity index (χ1) is 19.6. The number of amidine groups is 1. The van der Waals surface area contributed by atoms with E-state index in [1.54, 1.807) is 49.4 Å². The van der Waals surface area contributed by atoms with E-state index in [0.29, 0.717) is 21.5 Å². The molecule has 1 atom stereocenters. The monoisotopic (exact) mass is 653 g/mol. The molecule has 1 aromatic heterocycles. The molecule has 0 spiro atoms. The van der Waals surface area contributed by atoms with Crippen molar-refractivity contribution >= 4 is 51.2 Å². The molecule has 0 saturated carbocycles. The van der Waals surface area contributed by atoms with Gasteiger partial charge < -0.3 is 31.3 Å². The topological polar surface area (TPSA) is 205 Å². The van der Waals surface area contributed by atoms with Crippen molar-refractivity contribution in [2.24, 2.45) is 5.73 Å². The summed E-state index contributed by atoms with van der Waals surface area (Å²) in [6.07, 6.45) is -2.82. The number of nitrogens with one attached hydrogen (secondary N) is 3. The van der Waals surface area contributed by atoms with Gasteiger partial charge in [0.05, 0.1) is 22.3 Å². The molecule has 0 radical (unpaired) electrons. The van der Waals surface area contributed by atoms with Crippen molar-refractivity contribution in [2.45, 2.75) is 25.6 Å². The van der Waals surface area contributed by atoms with Crippen molar-refractivity contribution < 1.29 is 47.3 Å². The predicted octanol–water partition coefficient (Wildman–Crippen LogP) is 4.46. The van der Waals surface area contributed by atoms with Gasteiger partial charge in [0.15, 0.2) is 0 Å². The van der Waals surface area contributed by atoms with Gasteiger partial charge in [0.1, 0.15) is 23.8 Å². The van der Waals surface area contributed by atoms with Gasteiger partial charge in [-0.2, -0.15) is 13.2 Å². The summed E-state index contributed by atoms with van der Waals surface area (Å²) in [7, 11) is 0. The van der Waals surface area contributed by atoms with Crippen molar-refractivity contribution in [3.63, 3.8) is 0 Å². The zero-order valence-corrected chi connectivity index (χ0v) is 23.1. The molecule has 0 saturated heterocycles. The minimum absolute atomic E-state index is 0.00342. The van der Waals surface area contributed by atoms with Crippen LogP contribution in [0, 0.1) is 5.41 Å². The highest BCUT2D eigenvalue weighted by Gasteiger charge is 2.38. The number of benzene rings is 2. The number of aromatic nitrogens is 1. The average Bonchev–Trinajstić information content (AvgIpc) is 2.89. The third-order valence-corrected chi connectivity index (χ3v) is 5.68. The molecule has 0 bridgehead atoms. The molecule has 2 aromatic carbocycles. The fourth-order valence-corrected chi connectivity index (χ4v) is 3.53. The molecule has 0 aliphatic heterocycles. The molecule has 2 amide bonds. The number of amides is 2. The number of nitrogens with zero attached hydrogens (tertiary/aromatic N) is 1. The van der Waals surface area contributed by atoms with E-state index in [2.05, 4.69) is 31.5 Å². The minimum atomic E-state index is -5.08. The summed E-state index contributed by atoms with van der Waals surface area (Å²) in [5.41, 5.74) is 7.19. The number of carboxylic acids is 2. The fourth-order valence-electron chi connectivity index (χ4n) is 3.05. The molecule has 0 aliphatic rings. The largest absolute Gasteiger partial charge is 0.490 e. The van der Waals surface area contributed by atoms with Crippen LogP contribution < -0.4 is 21.1 Å². The lowest BCUT2D eigenvalue weighted by Gasteiger charge is -2.16. The number of pyridine rings is 1. The van der Waals surface area contributed by atoms with E-state index in [1.165, 1.54) is 18.5 Å². The second-order valence-corrected chi connectivity index (χ2v) is 9.17. The minimum Gasteiger partial charge on any atom is -0.478 e. The first-order valence-corrected chi connectivity index (χ1v) is 12.4. The maximum Gasteiger partial charge on any atom is 0.490 e. The van der Waals surface area contributed by atoms with Crippen LogP contribution in [0.15, 0.2) is 65.4 Å². The van der Waals surface area contributed by atoms with Crippen molar-refractivity contribution in [3.05, 3.63) is 82.1 Å². The van der Waals surface area contributed by atoms with Crippen molar-refractivity contribution in [2.75, 3.05) is 5.32 Å². The van der Waals surface area contributed by atoms with Gasteiger partial charge in [-0.1, -0.05) is 6.07 Å². The number of carboxylic acid groups (broad SMARTS) is 2. The second kappa shape index (κ2) is 14.6. The highest BCUT2D eigenvalue weighted by atomic mass is 79.9. The normalized spacial score (nSPS) is 11.3. The smallest absolute Gasteiger partial charge is 0.478 e. The Balaban J connectivity index is 0.000000782. The van der Waals surface area contributed by atoms with Crippen LogP contribution in [0.2, 0.25) is 0 Å². The Morgan fingerprint density at radius 2 is 1.64 bits per heavy atom. The summed E-state index contributed by atoms with van der Waals surface area (Å²) in [5, 5.41) is 29.0. The van der Waals surface area contributed by atoms with Crippen molar-refractivity contribution in [1.82, 2.24) is 10.3 Å². The molecular formula is C26H23BrF3N5O7. The summed E-state index contributed by atoms with van der Waals surface area (Å²) in [4.78, 5) is 48.4. The van der Waals surface area contributed by atoms with E-state index in [4.69, 9.17) is 30.9 Å². The van der Waals surface area contributed by atoms with Crippen LogP contribution in [-0.2, 0) is 14.4 Å². The van der Waals surface area contributed by atoms with Crippen LogP contribution in [0.3, 0.4) is 0 Å². The molecule has 1 unspecified atom stereocenters. The molecule has 42 heavy (non-hydrogen) atoms. The number of hydrogen-bond donors (Lipinski definition) is 6. The lowest BCUT2D eigenvalue weighted by molar-refractivity contribution is -0.192. The van der Waals surface area contributed by atoms with E-state index >= 15 is 0 Å². The Labute approximate surface area is 244 Å². The van der Waals surface area contributed by atoms with Crippen LogP contribution in [0.4, 0.5) is 18.9 Å². The fraction of sp³-hybridized carbons (Fsp3) is 0.154. The summed E-state index contributed by atoms with van der Waals surface area (Å²) in [6.45, 7) is 1.78. The summed E-state index contributed by atoms with van der Waals surface area (Å²) < 4.78 is 38.0. The predicted molar refractivity (Wildman–Crippen MR) is 146 cm³/mol. The third-order valence-electron chi connectivity index (χ3n) is 5.06. The van der Waals surface area contributed by atoms with Crippen LogP contribution in [0.5, 0.6) is 11.5 Å². The standard InChI is InChI=1S/C24H22BrN5O5.C2HF3O2/c1-13(29-21(31)10-22(32)30-17-5-2-14(3-6-17)23(26)27)15-4-7-20(19(25)9-15)35-18-8-16(24(33)34)11-28-12-18;3-2(4,5)1(6)7/h2-9,11-13H,10H2,1H3,(H3,26,27)(H,29,31)(H,30,32)(H,33,34);(H,6,7). The molecule has 222 valence electrons. The Morgan fingerprint density at radius 1 is 1.02 bits per heavy atom. The SMILES string of the molecule is CC(NC(=O)CC(=O)Nc1ccc(C(=N)N)cc1)c1ccc(Oc2cncc(C(=O)O)c2)c(Br)c1.O=C(O)C(F)(F)F. The number of anilines is 1. The van der Waals surface area contributed by atoms with E-state index in [0.717, 1.165) is 5.56 Å². The van der Waals surface area contributed by atoms with Gasteiger partial charge in [-0.15, -0.1) is 0 Å². The van der Waals surface area contributed by atoms with Crippen molar-refractivity contribution in [1.29, 1.82) is 5.41 Å². The Kier molecular flexibility index (Phi) is 11.5. The average molecular weight is 654 g/mol. The molecular weight excluding hydrogens is 631 g/mol. The molecule has 1 heterocycles. The maximum absolute atomic E-state index is 12.3. The number of nitrogens with two attached hydrogens (primary N) is 1. The molecule has 3 rings (SSSR count). The number of aliphatic carboxylic acids is 1. The summed E-state index contributed by atoms with van der Waals surface area (Å²) in [6, 6.07) is 12.5. The number of rotatable bonds is 9. The van der Waals surface area contributed by atoms with Crippen molar-refractivity contribution in [3.8, 4) is 11.5 Å². The Hall–Kier alpha value is -4.99. The van der Waals surface area contributed by atoms with Crippen LogP contribution >= 0.6 is 15.9 Å². The number of ether oxygens (including phenoxy) is 1. The number of carbonyl (C=O) groups excluding carboxylic acids is 2. The van der Waals surface area contributed by atoms with Crippen LogP contribution in [-0.4, -0.2) is 51.0 Å². The molecule has 3 aromatic rings. The van der Waals surface area contributed by atoms with E-state index in [-0.39, 0.29) is 23.6 Å². The van der Waals surface area contributed by atoms with Gasteiger partial charge in [-0.3, -0.25) is 20.0 Å². The maximum atomic E-state index is 12.3. The lowest BCUT2D eigenvalue weighted by Crippen LogP contribution is -2.30. The number of carbonyl (C=O) groups is 4.